The number of hydrogen-bond acceptors (Lipinski definition) is 5. The number of carbonyl (C=O) groups excluding carboxylic acids is 2. The van der Waals surface area contributed by atoms with Gasteiger partial charge in [-0.2, -0.15) is 11.8 Å². The molecular weight excluding hydrogens is 330 g/mol. The molecule has 0 aromatic carbocycles. The summed E-state index contributed by atoms with van der Waals surface area (Å²) < 4.78 is 0. The molecule has 1 fully saturated rings. The summed E-state index contributed by atoms with van der Waals surface area (Å²) in [6.07, 6.45) is 4.31. The van der Waals surface area contributed by atoms with Gasteiger partial charge in [0, 0.05) is 24.0 Å². The van der Waals surface area contributed by atoms with Gasteiger partial charge in [0.2, 0.25) is 5.91 Å². The largest absolute Gasteiger partial charge is 0.348 e. The second kappa shape index (κ2) is 8.70. The fourth-order valence-electron chi connectivity index (χ4n) is 2.66. The number of thioether (sulfide) groups is 1. The van der Waals surface area contributed by atoms with Crippen molar-refractivity contribution in [3.8, 4) is 0 Å². The summed E-state index contributed by atoms with van der Waals surface area (Å²) in [5.41, 5.74) is 5.95. The Bertz CT molecular complexity index is 539. The lowest BCUT2D eigenvalue weighted by Crippen LogP contribution is -2.51. The second-order valence-electron chi connectivity index (χ2n) is 5.87. The summed E-state index contributed by atoms with van der Waals surface area (Å²) in [6, 6.07) is 3.55. The summed E-state index contributed by atoms with van der Waals surface area (Å²) >= 11 is 3.21. The Morgan fingerprint density at radius 2 is 2.13 bits per heavy atom. The van der Waals surface area contributed by atoms with E-state index >= 15 is 0 Å². The van der Waals surface area contributed by atoms with E-state index < -0.39 is 6.04 Å². The molecule has 0 saturated carbocycles. The Kier molecular flexibility index (Phi) is 6.92. The number of likely N-dealkylation sites (tertiary alicyclic amines) is 1. The Morgan fingerprint density at radius 1 is 1.43 bits per heavy atom. The van der Waals surface area contributed by atoms with Crippen molar-refractivity contribution in [2.45, 2.75) is 38.3 Å². The number of carbonyl (C=O) groups is 2. The standard InChI is InChI=1S/C16H25N3O2S2/c1-11-3-4-14(23-11)15(20)18-12-5-8-19(9-6-12)16(21)13(17)7-10-22-2/h3-4,12-13H,5-10,17H2,1-2H3,(H,18,20)/t13-/m0/s1. The van der Waals surface area contributed by atoms with Crippen LogP contribution in [-0.2, 0) is 4.79 Å². The monoisotopic (exact) mass is 355 g/mol. The maximum atomic E-state index is 12.3. The number of aryl methyl sites for hydroxylation is 1. The summed E-state index contributed by atoms with van der Waals surface area (Å²) in [6.45, 7) is 3.33. The summed E-state index contributed by atoms with van der Waals surface area (Å²) in [4.78, 5) is 28.1. The number of hydrogen-bond donors (Lipinski definition) is 2. The van der Waals surface area contributed by atoms with Gasteiger partial charge in [0.15, 0.2) is 0 Å². The van der Waals surface area contributed by atoms with Gasteiger partial charge in [-0.05, 0) is 50.3 Å². The van der Waals surface area contributed by atoms with Crippen LogP contribution in [0.4, 0.5) is 0 Å². The van der Waals surface area contributed by atoms with Crippen LogP contribution in [0.25, 0.3) is 0 Å². The van der Waals surface area contributed by atoms with E-state index in [4.69, 9.17) is 5.73 Å². The molecule has 0 radical (unpaired) electrons. The van der Waals surface area contributed by atoms with Gasteiger partial charge >= 0.3 is 0 Å². The molecule has 2 rings (SSSR count). The number of nitrogens with two attached hydrogens (primary N) is 1. The third kappa shape index (κ3) is 5.22. The molecule has 1 atom stereocenters. The topological polar surface area (TPSA) is 75.4 Å². The van der Waals surface area contributed by atoms with E-state index in [-0.39, 0.29) is 17.9 Å². The van der Waals surface area contributed by atoms with E-state index in [1.807, 2.05) is 30.2 Å². The smallest absolute Gasteiger partial charge is 0.261 e. The van der Waals surface area contributed by atoms with E-state index in [0.29, 0.717) is 19.5 Å². The molecule has 128 valence electrons. The molecule has 1 aliphatic heterocycles. The van der Waals surface area contributed by atoms with Gasteiger partial charge in [-0.15, -0.1) is 11.3 Å². The first-order chi connectivity index (χ1) is 11.0. The van der Waals surface area contributed by atoms with Crippen LogP contribution in [0.5, 0.6) is 0 Å². The Balaban J connectivity index is 1.77. The van der Waals surface area contributed by atoms with Crippen molar-refractivity contribution in [1.82, 2.24) is 10.2 Å². The molecule has 0 bridgehead atoms. The third-order valence-electron chi connectivity index (χ3n) is 4.06. The highest BCUT2D eigenvalue weighted by atomic mass is 32.2. The Labute approximate surface area is 146 Å². The van der Waals surface area contributed by atoms with Crippen LogP contribution >= 0.6 is 23.1 Å². The lowest BCUT2D eigenvalue weighted by atomic mass is 10.0. The minimum absolute atomic E-state index is 0.00968. The van der Waals surface area contributed by atoms with Crippen molar-refractivity contribution < 1.29 is 9.59 Å². The van der Waals surface area contributed by atoms with Gasteiger partial charge in [0.25, 0.3) is 5.91 Å². The predicted molar refractivity (Wildman–Crippen MR) is 97.1 cm³/mol. The Morgan fingerprint density at radius 3 is 2.70 bits per heavy atom. The minimum Gasteiger partial charge on any atom is -0.348 e. The van der Waals surface area contributed by atoms with E-state index in [1.165, 1.54) is 11.3 Å². The molecular formula is C16H25N3O2S2. The molecule has 0 unspecified atom stereocenters. The molecule has 2 heterocycles. The van der Waals surface area contributed by atoms with E-state index in [2.05, 4.69) is 5.32 Å². The Hall–Kier alpha value is -1.05. The molecule has 1 aromatic heterocycles. The molecule has 7 heteroatoms. The quantitative estimate of drug-likeness (QED) is 0.817. The number of nitrogens with one attached hydrogen (secondary N) is 1. The van der Waals surface area contributed by atoms with Crippen LogP contribution in [0.2, 0.25) is 0 Å². The number of nitrogens with zero attached hydrogens (tertiary/aromatic N) is 1. The van der Waals surface area contributed by atoms with Gasteiger partial charge in [-0.1, -0.05) is 0 Å². The molecule has 3 N–H and O–H groups in total. The van der Waals surface area contributed by atoms with Crippen molar-refractivity contribution in [2.24, 2.45) is 5.73 Å². The molecule has 1 aliphatic rings. The van der Waals surface area contributed by atoms with Crippen molar-refractivity contribution >= 4 is 34.9 Å². The molecule has 0 aliphatic carbocycles. The van der Waals surface area contributed by atoms with Crippen molar-refractivity contribution in [1.29, 1.82) is 0 Å². The highest BCUT2D eigenvalue weighted by Gasteiger charge is 2.27. The normalized spacial score (nSPS) is 17.1. The van der Waals surface area contributed by atoms with Gasteiger partial charge in [-0.3, -0.25) is 9.59 Å². The van der Waals surface area contributed by atoms with Gasteiger partial charge in [0.05, 0.1) is 10.9 Å². The first-order valence-corrected chi connectivity index (χ1v) is 10.1. The summed E-state index contributed by atoms with van der Waals surface area (Å²) in [5.74, 6) is 0.932. The van der Waals surface area contributed by atoms with Gasteiger partial charge in [-0.25, -0.2) is 0 Å². The van der Waals surface area contributed by atoms with E-state index in [9.17, 15) is 9.59 Å². The van der Waals surface area contributed by atoms with Crippen molar-refractivity contribution in [3.05, 3.63) is 21.9 Å². The fraction of sp³-hybridized carbons (Fsp3) is 0.625. The molecule has 2 amide bonds. The summed E-state index contributed by atoms with van der Waals surface area (Å²) in [5, 5.41) is 3.07. The van der Waals surface area contributed by atoms with Gasteiger partial charge in [0.1, 0.15) is 0 Å². The molecule has 0 spiro atoms. The molecule has 1 aromatic rings. The van der Waals surface area contributed by atoms with Crippen molar-refractivity contribution in [3.63, 3.8) is 0 Å². The maximum Gasteiger partial charge on any atom is 0.261 e. The first kappa shape index (κ1) is 18.3. The first-order valence-electron chi connectivity index (χ1n) is 7.92. The lowest BCUT2D eigenvalue weighted by molar-refractivity contribution is -0.133. The number of rotatable bonds is 6. The van der Waals surface area contributed by atoms with E-state index in [1.54, 1.807) is 11.8 Å². The fourth-order valence-corrected chi connectivity index (χ4v) is 3.92. The van der Waals surface area contributed by atoms with Crippen LogP contribution in [-0.4, -0.2) is 53.9 Å². The van der Waals surface area contributed by atoms with Crippen LogP contribution in [0.1, 0.15) is 33.8 Å². The average molecular weight is 356 g/mol. The van der Waals surface area contributed by atoms with Crippen LogP contribution < -0.4 is 11.1 Å². The van der Waals surface area contributed by atoms with Crippen LogP contribution in [0, 0.1) is 6.92 Å². The maximum absolute atomic E-state index is 12.3. The zero-order valence-electron chi connectivity index (χ0n) is 13.7. The molecule has 23 heavy (non-hydrogen) atoms. The summed E-state index contributed by atoms with van der Waals surface area (Å²) in [7, 11) is 0. The zero-order chi connectivity index (χ0) is 16.8. The second-order valence-corrected chi connectivity index (χ2v) is 8.14. The number of amides is 2. The highest BCUT2D eigenvalue weighted by Crippen LogP contribution is 2.17. The van der Waals surface area contributed by atoms with Crippen molar-refractivity contribution in [2.75, 3.05) is 25.1 Å². The average Bonchev–Trinajstić information content (AvgIpc) is 2.99. The molecule has 5 nitrogen and oxygen atoms in total. The minimum atomic E-state index is -0.400. The van der Waals surface area contributed by atoms with Crippen LogP contribution in [0.15, 0.2) is 12.1 Å². The SMILES string of the molecule is CSCC[C@H](N)C(=O)N1CCC(NC(=O)c2ccc(C)s2)CC1. The van der Waals surface area contributed by atoms with Crippen LogP contribution in [0.3, 0.4) is 0 Å². The number of thiophene rings is 1. The molecule has 1 saturated heterocycles. The predicted octanol–water partition coefficient (Wildman–Crippen LogP) is 1.86. The lowest BCUT2D eigenvalue weighted by Gasteiger charge is -2.33. The van der Waals surface area contributed by atoms with E-state index in [0.717, 1.165) is 28.3 Å². The third-order valence-corrected chi connectivity index (χ3v) is 5.70. The zero-order valence-corrected chi connectivity index (χ0v) is 15.3. The van der Waals surface area contributed by atoms with Gasteiger partial charge < -0.3 is 16.0 Å². The number of piperidine rings is 1. The highest BCUT2D eigenvalue weighted by molar-refractivity contribution is 7.98.